The Bertz CT molecular complexity index is 581. The van der Waals surface area contributed by atoms with Crippen molar-refractivity contribution in [3.8, 4) is 5.75 Å². The number of nitrogens with one attached hydrogen (secondary N) is 1. The molecule has 0 radical (unpaired) electrons. The van der Waals surface area contributed by atoms with Crippen molar-refractivity contribution < 1.29 is 9.53 Å². The summed E-state index contributed by atoms with van der Waals surface area (Å²) in [6.45, 7) is 0.864. The number of carbonyl (C=O) groups is 1. The van der Waals surface area contributed by atoms with Crippen LogP contribution in [0.1, 0.15) is 15.9 Å². The molecule has 0 aromatic heterocycles. The molecule has 2 rings (SSSR count). The van der Waals surface area contributed by atoms with Crippen molar-refractivity contribution in [2.75, 3.05) is 13.7 Å². The first-order chi connectivity index (χ1) is 9.70. The van der Waals surface area contributed by atoms with Gasteiger partial charge in [-0.3, -0.25) is 4.79 Å². The lowest BCUT2D eigenvalue weighted by atomic mass is 10.1. The summed E-state index contributed by atoms with van der Waals surface area (Å²) in [4.78, 5) is 12.0. The number of benzene rings is 2. The van der Waals surface area contributed by atoms with Gasteiger partial charge in [0.15, 0.2) is 5.78 Å². The molecule has 2 aromatic carbocycles. The fraction of sp³-hybridized carbons (Fsp3) is 0.188. The topological polar surface area (TPSA) is 38.3 Å². The first-order valence-corrected chi connectivity index (χ1v) is 6.70. The predicted octanol–water partition coefficient (Wildman–Crippen LogP) is 3.32. The van der Waals surface area contributed by atoms with Crippen LogP contribution in [0.4, 0.5) is 0 Å². The van der Waals surface area contributed by atoms with Gasteiger partial charge in [-0.1, -0.05) is 29.8 Å². The molecule has 20 heavy (non-hydrogen) atoms. The van der Waals surface area contributed by atoms with Crippen LogP contribution in [0, 0.1) is 0 Å². The number of rotatable bonds is 6. The quantitative estimate of drug-likeness (QED) is 0.829. The minimum atomic E-state index is 0.0385. The van der Waals surface area contributed by atoms with Crippen molar-refractivity contribution in [3.63, 3.8) is 0 Å². The number of Topliss-reactive ketones (excluding diaryl/α,β-unsaturated/α-hetero) is 1. The van der Waals surface area contributed by atoms with E-state index in [1.165, 1.54) is 0 Å². The second-order valence-corrected chi connectivity index (χ2v) is 4.78. The third-order valence-electron chi connectivity index (χ3n) is 2.96. The van der Waals surface area contributed by atoms with Gasteiger partial charge in [0.05, 0.1) is 13.7 Å². The Morgan fingerprint density at radius 2 is 1.85 bits per heavy atom. The van der Waals surface area contributed by atoms with E-state index < -0.39 is 0 Å². The number of ether oxygens (including phenoxy) is 1. The van der Waals surface area contributed by atoms with Gasteiger partial charge in [0, 0.05) is 22.7 Å². The van der Waals surface area contributed by atoms with Gasteiger partial charge in [-0.15, -0.1) is 0 Å². The highest BCUT2D eigenvalue weighted by Gasteiger charge is 2.06. The van der Waals surface area contributed by atoms with E-state index in [0.717, 1.165) is 11.3 Å². The zero-order valence-corrected chi connectivity index (χ0v) is 12.0. The van der Waals surface area contributed by atoms with Crippen LogP contribution < -0.4 is 10.1 Å². The SMILES string of the molecule is COc1ccccc1CNCC(=O)c1ccc(Cl)cc1. The number of halogens is 1. The fourth-order valence-electron chi connectivity index (χ4n) is 1.90. The molecule has 0 atom stereocenters. The van der Waals surface area contributed by atoms with Crippen molar-refractivity contribution in [3.05, 3.63) is 64.7 Å². The van der Waals surface area contributed by atoms with Crippen LogP contribution in [0.25, 0.3) is 0 Å². The van der Waals surface area contributed by atoms with Crippen LogP contribution in [0.3, 0.4) is 0 Å². The lowest BCUT2D eigenvalue weighted by molar-refractivity contribution is 0.0990. The van der Waals surface area contributed by atoms with E-state index in [9.17, 15) is 4.79 Å². The summed E-state index contributed by atoms with van der Waals surface area (Å²) in [6, 6.07) is 14.6. The van der Waals surface area contributed by atoms with Crippen molar-refractivity contribution in [2.45, 2.75) is 6.54 Å². The van der Waals surface area contributed by atoms with Crippen LogP contribution in [0.15, 0.2) is 48.5 Å². The van der Waals surface area contributed by atoms with Gasteiger partial charge in [-0.05, 0) is 30.3 Å². The summed E-state index contributed by atoms with van der Waals surface area (Å²) >= 11 is 5.79. The highest BCUT2D eigenvalue weighted by atomic mass is 35.5. The molecule has 0 bridgehead atoms. The van der Waals surface area contributed by atoms with Gasteiger partial charge >= 0.3 is 0 Å². The average Bonchev–Trinajstić information content (AvgIpc) is 2.48. The monoisotopic (exact) mass is 289 g/mol. The van der Waals surface area contributed by atoms with Crippen molar-refractivity contribution in [1.82, 2.24) is 5.32 Å². The molecule has 0 unspecified atom stereocenters. The number of hydrogen-bond acceptors (Lipinski definition) is 3. The van der Waals surface area contributed by atoms with Gasteiger partial charge in [0.25, 0.3) is 0 Å². The highest BCUT2D eigenvalue weighted by molar-refractivity contribution is 6.30. The smallest absolute Gasteiger partial charge is 0.176 e. The maximum Gasteiger partial charge on any atom is 0.176 e. The number of ketones is 1. The van der Waals surface area contributed by atoms with E-state index in [0.29, 0.717) is 17.1 Å². The third kappa shape index (κ3) is 3.83. The lowest BCUT2D eigenvalue weighted by Crippen LogP contribution is -2.22. The van der Waals surface area contributed by atoms with Gasteiger partial charge < -0.3 is 10.1 Å². The van der Waals surface area contributed by atoms with E-state index >= 15 is 0 Å². The molecule has 3 nitrogen and oxygen atoms in total. The predicted molar refractivity (Wildman–Crippen MR) is 80.5 cm³/mol. The summed E-state index contributed by atoms with van der Waals surface area (Å²) < 4.78 is 5.26. The van der Waals surface area contributed by atoms with Crippen LogP contribution in [-0.2, 0) is 6.54 Å². The zero-order chi connectivity index (χ0) is 14.4. The Balaban J connectivity index is 1.89. The molecule has 2 aromatic rings. The molecule has 0 aliphatic rings. The Morgan fingerprint density at radius 3 is 2.55 bits per heavy atom. The molecule has 0 aliphatic carbocycles. The summed E-state index contributed by atoms with van der Waals surface area (Å²) in [5.41, 5.74) is 1.68. The van der Waals surface area contributed by atoms with Crippen LogP contribution in [0.5, 0.6) is 5.75 Å². The maximum atomic E-state index is 12.0. The van der Waals surface area contributed by atoms with Crippen LogP contribution in [-0.4, -0.2) is 19.4 Å². The molecule has 104 valence electrons. The van der Waals surface area contributed by atoms with E-state index in [4.69, 9.17) is 16.3 Å². The number of hydrogen-bond donors (Lipinski definition) is 1. The van der Waals surface area contributed by atoms with Crippen LogP contribution in [0.2, 0.25) is 5.02 Å². The van der Waals surface area contributed by atoms with Crippen molar-refractivity contribution >= 4 is 17.4 Å². The molecule has 0 aliphatic heterocycles. The number of para-hydroxylation sites is 1. The first-order valence-electron chi connectivity index (χ1n) is 6.32. The number of methoxy groups -OCH3 is 1. The molecule has 0 fully saturated rings. The average molecular weight is 290 g/mol. The van der Waals surface area contributed by atoms with E-state index in [2.05, 4.69) is 5.32 Å². The largest absolute Gasteiger partial charge is 0.496 e. The molecule has 1 N–H and O–H groups in total. The number of carbonyl (C=O) groups excluding carboxylic acids is 1. The maximum absolute atomic E-state index is 12.0. The summed E-state index contributed by atoms with van der Waals surface area (Å²) in [5.74, 6) is 0.857. The molecule has 0 amide bonds. The van der Waals surface area contributed by atoms with Gasteiger partial charge in [0.1, 0.15) is 5.75 Å². The second-order valence-electron chi connectivity index (χ2n) is 4.35. The standard InChI is InChI=1S/C16H16ClNO2/c1-20-16-5-3-2-4-13(16)10-18-11-15(19)12-6-8-14(17)9-7-12/h2-9,18H,10-11H2,1H3. The molecule has 4 heteroatoms. The van der Waals surface area contributed by atoms with E-state index in [-0.39, 0.29) is 12.3 Å². The van der Waals surface area contributed by atoms with Gasteiger partial charge in [0.2, 0.25) is 0 Å². The Labute approximate surface area is 123 Å². The molecular formula is C16H16ClNO2. The van der Waals surface area contributed by atoms with Crippen LogP contribution >= 0.6 is 11.6 Å². The van der Waals surface area contributed by atoms with E-state index in [1.54, 1.807) is 31.4 Å². The Morgan fingerprint density at radius 1 is 1.15 bits per heavy atom. The lowest BCUT2D eigenvalue weighted by Gasteiger charge is -2.09. The minimum absolute atomic E-state index is 0.0385. The Kier molecular flexibility index (Phi) is 5.16. The molecular weight excluding hydrogens is 274 g/mol. The van der Waals surface area contributed by atoms with Crippen molar-refractivity contribution in [2.24, 2.45) is 0 Å². The molecule has 0 saturated carbocycles. The van der Waals surface area contributed by atoms with Gasteiger partial charge in [-0.25, -0.2) is 0 Å². The Hall–Kier alpha value is -1.84. The van der Waals surface area contributed by atoms with Crippen molar-refractivity contribution in [1.29, 1.82) is 0 Å². The van der Waals surface area contributed by atoms with Gasteiger partial charge in [-0.2, -0.15) is 0 Å². The summed E-state index contributed by atoms with van der Waals surface area (Å²) in [7, 11) is 1.64. The molecule has 0 heterocycles. The highest BCUT2D eigenvalue weighted by Crippen LogP contribution is 2.16. The fourth-order valence-corrected chi connectivity index (χ4v) is 2.02. The third-order valence-corrected chi connectivity index (χ3v) is 3.21. The minimum Gasteiger partial charge on any atom is -0.496 e. The second kappa shape index (κ2) is 7.08. The molecule has 0 spiro atoms. The summed E-state index contributed by atoms with van der Waals surface area (Å²) in [5, 5.41) is 3.76. The normalized spacial score (nSPS) is 10.3. The van der Waals surface area contributed by atoms with E-state index in [1.807, 2.05) is 24.3 Å². The first kappa shape index (κ1) is 14.6. The summed E-state index contributed by atoms with van der Waals surface area (Å²) in [6.07, 6.45) is 0. The zero-order valence-electron chi connectivity index (χ0n) is 11.2. The molecule has 0 saturated heterocycles.